The summed E-state index contributed by atoms with van der Waals surface area (Å²) in [5.41, 5.74) is 2.06. The Labute approximate surface area is 235 Å². The summed E-state index contributed by atoms with van der Waals surface area (Å²) in [6.45, 7) is 4.38. The summed E-state index contributed by atoms with van der Waals surface area (Å²) >= 11 is 6.36. The predicted octanol–water partition coefficient (Wildman–Crippen LogP) is 4.97. The van der Waals surface area contributed by atoms with E-state index in [-0.39, 0.29) is 11.8 Å². The molecule has 0 spiro atoms. The minimum atomic E-state index is -0.114. The highest BCUT2D eigenvalue weighted by molar-refractivity contribution is 6.33. The molecule has 4 rings (SSSR count). The Balaban J connectivity index is 1.38. The van der Waals surface area contributed by atoms with Crippen molar-refractivity contribution in [3.8, 4) is 11.5 Å². The third-order valence-corrected chi connectivity index (χ3v) is 7.15. The summed E-state index contributed by atoms with van der Waals surface area (Å²) in [5.74, 6) is 1.34. The maximum atomic E-state index is 13.5. The van der Waals surface area contributed by atoms with Crippen LogP contribution in [-0.2, 0) is 0 Å². The summed E-state index contributed by atoms with van der Waals surface area (Å²) in [5, 5.41) is 0.436. The molecule has 0 aromatic heterocycles. The van der Waals surface area contributed by atoms with Crippen molar-refractivity contribution >= 4 is 29.5 Å². The van der Waals surface area contributed by atoms with Crippen molar-refractivity contribution in [1.29, 1.82) is 0 Å². The lowest BCUT2D eigenvalue weighted by molar-refractivity contribution is 0.0609. The van der Waals surface area contributed by atoms with Crippen LogP contribution in [0.1, 0.15) is 26.3 Å². The van der Waals surface area contributed by atoms with Crippen LogP contribution in [0.25, 0.3) is 6.08 Å². The number of benzene rings is 3. The molecule has 0 unspecified atom stereocenters. The van der Waals surface area contributed by atoms with Gasteiger partial charge in [-0.2, -0.15) is 0 Å². The van der Waals surface area contributed by atoms with Gasteiger partial charge in [-0.3, -0.25) is 14.5 Å². The zero-order chi connectivity index (χ0) is 27.6. The van der Waals surface area contributed by atoms with E-state index in [2.05, 4.69) is 4.90 Å². The van der Waals surface area contributed by atoms with Crippen molar-refractivity contribution in [2.24, 2.45) is 0 Å². The molecule has 1 fully saturated rings. The molecule has 8 heteroatoms. The first-order valence-corrected chi connectivity index (χ1v) is 13.4. The number of carbonyl (C=O) groups excluding carboxylic acids is 2. The summed E-state index contributed by atoms with van der Waals surface area (Å²) in [6, 6.07) is 22.1. The number of para-hydroxylation sites is 1. The molecule has 1 aliphatic heterocycles. The van der Waals surface area contributed by atoms with Gasteiger partial charge in [0.05, 0.1) is 24.8 Å². The molecule has 0 atom stereocenters. The van der Waals surface area contributed by atoms with Gasteiger partial charge >= 0.3 is 0 Å². The molecule has 39 heavy (non-hydrogen) atoms. The van der Waals surface area contributed by atoms with E-state index in [9.17, 15) is 9.59 Å². The fourth-order valence-corrected chi connectivity index (χ4v) is 4.78. The number of rotatable bonds is 10. The van der Waals surface area contributed by atoms with Crippen molar-refractivity contribution in [1.82, 2.24) is 14.7 Å². The monoisotopic (exact) mass is 547 g/mol. The molecule has 1 saturated heterocycles. The van der Waals surface area contributed by atoms with Crippen LogP contribution in [0.5, 0.6) is 11.5 Å². The van der Waals surface area contributed by atoms with Gasteiger partial charge in [0.2, 0.25) is 0 Å². The number of ether oxygens (including phenoxy) is 2. The van der Waals surface area contributed by atoms with Crippen molar-refractivity contribution in [2.45, 2.75) is 0 Å². The second kappa shape index (κ2) is 13.8. The molecule has 2 amide bonds. The molecule has 3 aromatic rings. The molecular weight excluding hydrogens is 514 g/mol. The Morgan fingerprint density at radius 3 is 2.41 bits per heavy atom. The van der Waals surface area contributed by atoms with E-state index in [1.54, 1.807) is 37.3 Å². The number of carbonyl (C=O) groups is 2. The third kappa shape index (κ3) is 7.40. The zero-order valence-electron chi connectivity index (χ0n) is 22.4. The third-order valence-electron chi connectivity index (χ3n) is 6.82. The number of amides is 2. The topological polar surface area (TPSA) is 62.3 Å². The SMILES string of the molecule is COc1cccc(C(=O)N2CCN(CCN(CC=Cc3ccccc3OC)C(=O)c3ccccc3Cl)CC2)c1. The van der Waals surface area contributed by atoms with Gasteiger partial charge in [0.15, 0.2) is 0 Å². The Hall–Kier alpha value is -3.81. The molecular formula is C31H34ClN3O4. The lowest BCUT2D eigenvalue weighted by Gasteiger charge is -2.36. The fraction of sp³-hybridized carbons (Fsp3) is 0.290. The second-order valence-electron chi connectivity index (χ2n) is 9.24. The van der Waals surface area contributed by atoms with Crippen LogP contribution in [-0.4, -0.2) is 86.5 Å². The van der Waals surface area contributed by atoms with Crippen molar-refractivity contribution < 1.29 is 19.1 Å². The molecule has 3 aromatic carbocycles. The molecule has 1 aliphatic rings. The first kappa shape index (κ1) is 28.2. The summed E-state index contributed by atoms with van der Waals surface area (Å²) in [6.07, 6.45) is 3.94. The van der Waals surface area contributed by atoms with Crippen LogP contribution in [0.4, 0.5) is 0 Å². The normalized spacial score (nSPS) is 13.9. The quantitative estimate of drug-likeness (QED) is 0.358. The second-order valence-corrected chi connectivity index (χ2v) is 9.65. The van der Waals surface area contributed by atoms with Crippen LogP contribution in [0, 0.1) is 0 Å². The zero-order valence-corrected chi connectivity index (χ0v) is 23.1. The van der Waals surface area contributed by atoms with Crippen LogP contribution in [0.3, 0.4) is 0 Å². The van der Waals surface area contributed by atoms with E-state index in [1.807, 2.05) is 71.6 Å². The summed E-state index contributed by atoms with van der Waals surface area (Å²) < 4.78 is 10.7. The van der Waals surface area contributed by atoms with Crippen LogP contribution >= 0.6 is 11.6 Å². The van der Waals surface area contributed by atoms with Gasteiger partial charge in [-0.05, 0) is 36.4 Å². The largest absolute Gasteiger partial charge is 0.497 e. The molecule has 0 bridgehead atoms. The average Bonchev–Trinajstić information content (AvgIpc) is 2.99. The van der Waals surface area contributed by atoms with E-state index in [0.717, 1.165) is 24.4 Å². The molecule has 7 nitrogen and oxygen atoms in total. The Bertz CT molecular complexity index is 1300. The van der Waals surface area contributed by atoms with Crippen LogP contribution < -0.4 is 9.47 Å². The number of piperazine rings is 1. The van der Waals surface area contributed by atoms with Crippen molar-refractivity contribution in [2.75, 3.05) is 60.0 Å². The van der Waals surface area contributed by atoms with Gasteiger partial charge in [0.25, 0.3) is 11.8 Å². The highest BCUT2D eigenvalue weighted by Gasteiger charge is 2.24. The van der Waals surface area contributed by atoms with Crippen LogP contribution in [0.2, 0.25) is 5.02 Å². The van der Waals surface area contributed by atoms with Gasteiger partial charge in [-0.25, -0.2) is 0 Å². The first-order valence-electron chi connectivity index (χ1n) is 13.0. The molecule has 1 heterocycles. The van der Waals surface area contributed by atoms with E-state index in [4.69, 9.17) is 21.1 Å². The fourth-order valence-electron chi connectivity index (χ4n) is 4.57. The number of hydrogen-bond donors (Lipinski definition) is 0. The minimum Gasteiger partial charge on any atom is -0.497 e. The predicted molar refractivity (Wildman–Crippen MR) is 155 cm³/mol. The minimum absolute atomic E-state index is 0.00514. The van der Waals surface area contributed by atoms with E-state index >= 15 is 0 Å². The molecule has 0 radical (unpaired) electrons. The van der Waals surface area contributed by atoms with E-state index < -0.39 is 0 Å². The smallest absolute Gasteiger partial charge is 0.255 e. The Morgan fingerprint density at radius 2 is 1.67 bits per heavy atom. The molecule has 0 saturated carbocycles. The molecule has 0 N–H and O–H groups in total. The van der Waals surface area contributed by atoms with Gasteiger partial charge in [0, 0.05) is 56.9 Å². The van der Waals surface area contributed by atoms with Gasteiger partial charge in [-0.15, -0.1) is 0 Å². The van der Waals surface area contributed by atoms with Crippen molar-refractivity contribution in [3.05, 3.63) is 101 Å². The Kier molecular flexibility index (Phi) is 10.00. The van der Waals surface area contributed by atoms with Gasteiger partial charge in [-0.1, -0.05) is 60.2 Å². The molecule has 204 valence electrons. The highest BCUT2D eigenvalue weighted by atomic mass is 35.5. The number of methoxy groups -OCH3 is 2. The average molecular weight is 548 g/mol. The van der Waals surface area contributed by atoms with Crippen LogP contribution in [0.15, 0.2) is 78.9 Å². The Morgan fingerprint density at radius 1 is 0.923 bits per heavy atom. The van der Waals surface area contributed by atoms with E-state index in [1.165, 1.54) is 0 Å². The summed E-state index contributed by atoms with van der Waals surface area (Å²) in [4.78, 5) is 32.4. The van der Waals surface area contributed by atoms with Crippen molar-refractivity contribution in [3.63, 3.8) is 0 Å². The van der Waals surface area contributed by atoms with E-state index in [0.29, 0.717) is 54.6 Å². The number of hydrogen-bond acceptors (Lipinski definition) is 5. The lowest BCUT2D eigenvalue weighted by atomic mass is 10.1. The lowest BCUT2D eigenvalue weighted by Crippen LogP contribution is -2.50. The standard InChI is InChI=1S/C31H34ClN3O4/c1-38-26-12-7-10-25(23-26)30(36)35-21-18-33(19-22-35)17-20-34(31(37)27-13-4-5-14-28(27)32)16-8-11-24-9-3-6-15-29(24)39-2/h3-15,23H,16-22H2,1-2H3. The molecule has 0 aliphatic carbocycles. The van der Waals surface area contributed by atoms with Gasteiger partial charge in [0.1, 0.15) is 11.5 Å². The summed E-state index contributed by atoms with van der Waals surface area (Å²) in [7, 11) is 3.24. The number of halogens is 1. The van der Waals surface area contributed by atoms with Gasteiger partial charge < -0.3 is 19.3 Å². The maximum Gasteiger partial charge on any atom is 0.255 e. The highest BCUT2D eigenvalue weighted by Crippen LogP contribution is 2.20. The first-order chi connectivity index (χ1) is 19.0. The number of nitrogens with zero attached hydrogens (tertiary/aromatic N) is 3. The maximum absolute atomic E-state index is 13.5.